The van der Waals surface area contributed by atoms with Crippen molar-refractivity contribution in [2.24, 2.45) is 5.73 Å². The van der Waals surface area contributed by atoms with E-state index in [-0.39, 0.29) is 22.9 Å². The second-order valence-corrected chi connectivity index (χ2v) is 6.43. The predicted molar refractivity (Wildman–Crippen MR) is 95.5 cm³/mol. The molecule has 0 aliphatic carbocycles. The molecule has 0 saturated heterocycles. The van der Waals surface area contributed by atoms with Gasteiger partial charge in [0.15, 0.2) is 5.50 Å². The number of thioether (sulfide) groups is 1. The summed E-state index contributed by atoms with van der Waals surface area (Å²) in [6.07, 6.45) is 2.57. The van der Waals surface area contributed by atoms with Crippen LogP contribution in [0.15, 0.2) is 29.4 Å². The SMILES string of the molecule is CCCC(=O)Nc1cccc(OC(C)=O)c1C(=O)NC1NC=C(N)S1. The first-order chi connectivity index (χ1) is 11.9. The van der Waals surface area contributed by atoms with E-state index in [2.05, 4.69) is 16.0 Å². The van der Waals surface area contributed by atoms with Crippen LogP contribution in [0, 0.1) is 0 Å². The molecule has 5 N–H and O–H groups in total. The zero-order chi connectivity index (χ0) is 18.4. The first kappa shape index (κ1) is 18.7. The molecule has 0 radical (unpaired) electrons. The molecule has 1 aliphatic rings. The molecule has 8 nitrogen and oxygen atoms in total. The predicted octanol–water partition coefficient (Wildman–Crippen LogP) is 1.46. The lowest BCUT2D eigenvalue weighted by atomic mass is 10.1. The van der Waals surface area contributed by atoms with Crippen molar-refractivity contribution in [3.63, 3.8) is 0 Å². The van der Waals surface area contributed by atoms with Crippen molar-refractivity contribution in [3.05, 3.63) is 35.0 Å². The van der Waals surface area contributed by atoms with Gasteiger partial charge in [0.25, 0.3) is 5.91 Å². The molecule has 1 aliphatic heterocycles. The summed E-state index contributed by atoms with van der Waals surface area (Å²) in [5, 5.41) is 8.84. The smallest absolute Gasteiger partial charge is 0.308 e. The molecule has 1 unspecified atom stereocenters. The Morgan fingerprint density at radius 1 is 1.36 bits per heavy atom. The zero-order valence-electron chi connectivity index (χ0n) is 13.9. The third kappa shape index (κ3) is 5.15. The average molecular weight is 364 g/mol. The minimum atomic E-state index is -0.564. The molecule has 25 heavy (non-hydrogen) atoms. The molecule has 0 spiro atoms. The highest BCUT2D eigenvalue weighted by molar-refractivity contribution is 8.03. The number of carbonyl (C=O) groups is 3. The van der Waals surface area contributed by atoms with E-state index >= 15 is 0 Å². The molecule has 0 bridgehead atoms. The lowest BCUT2D eigenvalue weighted by molar-refractivity contribution is -0.131. The van der Waals surface area contributed by atoms with Gasteiger partial charge in [0, 0.05) is 19.5 Å². The van der Waals surface area contributed by atoms with Gasteiger partial charge in [0.1, 0.15) is 11.3 Å². The molecule has 0 aromatic heterocycles. The van der Waals surface area contributed by atoms with Crippen LogP contribution in [0.3, 0.4) is 0 Å². The summed E-state index contributed by atoms with van der Waals surface area (Å²) in [6.45, 7) is 3.12. The number of amides is 2. The molecular weight excluding hydrogens is 344 g/mol. The van der Waals surface area contributed by atoms with Crippen LogP contribution in [0.2, 0.25) is 0 Å². The van der Waals surface area contributed by atoms with E-state index in [1.165, 1.54) is 24.8 Å². The molecule has 1 aromatic carbocycles. The van der Waals surface area contributed by atoms with Gasteiger partial charge in [-0.05, 0) is 18.6 Å². The second-order valence-electron chi connectivity index (χ2n) is 5.26. The Morgan fingerprint density at radius 3 is 2.72 bits per heavy atom. The van der Waals surface area contributed by atoms with E-state index in [0.29, 0.717) is 17.9 Å². The number of rotatable bonds is 6. The summed E-state index contributed by atoms with van der Waals surface area (Å²) >= 11 is 1.24. The summed E-state index contributed by atoms with van der Waals surface area (Å²) in [7, 11) is 0. The molecule has 134 valence electrons. The van der Waals surface area contributed by atoms with Crippen LogP contribution >= 0.6 is 11.8 Å². The standard InChI is InChI=1S/C16H20N4O4S/c1-3-5-13(22)19-10-6-4-7-11(24-9(2)21)14(10)15(23)20-16-18-8-12(17)25-16/h4,6-8,16,18H,3,5,17H2,1-2H3,(H,19,22)(H,20,23). The fourth-order valence-corrected chi connectivity index (χ4v) is 2.88. The van der Waals surface area contributed by atoms with Gasteiger partial charge >= 0.3 is 5.97 Å². The number of nitrogens with one attached hydrogen (secondary N) is 3. The number of hydrogen-bond donors (Lipinski definition) is 4. The summed E-state index contributed by atoms with van der Waals surface area (Å²) in [6, 6.07) is 4.67. The Hall–Kier alpha value is -2.68. The van der Waals surface area contributed by atoms with Gasteiger partial charge in [-0.3, -0.25) is 14.4 Å². The number of anilines is 1. The lowest BCUT2D eigenvalue weighted by Crippen LogP contribution is -2.39. The fourth-order valence-electron chi connectivity index (χ4n) is 2.17. The number of benzene rings is 1. The minimum absolute atomic E-state index is 0.0724. The maximum absolute atomic E-state index is 12.7. The first-order valence-electron chi connectivity index (χ1n) is 7.71. The molecule has 2 rings (SSSR count). The van der Waals surface area contributed by atoms with E-state index in [0.717, 1.165) is 0 Å². The highest BCUT2D eigenvalue weighted by Gasteiger charge is 2.24. The summed E-state index contributed by atoms with van der Waals surface area (Å²) < 4.78 is 5.12. The summed E-state index contributed by atoms with van der Waals surface area (Å²) in [5.74, 6) is -1.22. The lowest BCUT2D eigenvalue weighted by Gasteiger charge is -2.17. The van der Waals surface area contributed by atoms with Crippen LogP contribution in [-0.4, -0.2) is 23.3 Å². The topological polar surface area (TPSA) is 123 Å². The number of carbonyl (C=O) groups excluding carboxylic acids is 3. The van der Waals surface area contributed by atoms with Crippen molar-refractivity contribution in [2.45, 2.75) is 32.2 Å². The van der Waals surface area contributed by atoms with Gasteiger partial charge in [-0.15, -0.1) is 0 Å². The number of ether oxygens (including phenoxy) is 1. The molecule has 0 fully saturated rings. The molecule has 1 atom stereocenters. The van der Waals surface area contributed by atoms with Gasteiger partial charge in [-0.25, -0.2) is 0 Å². The highest BCUT2D eigenvalue weighted by atomic mass is 32.2. The number of nitrogens with two attached hydrogens (primary N) is 1. The van der Waals surface area contributed by atoms with Crippen LogP contribution in [0.5, 0.6) is 5.75 Å². The monoisotopic (exact) mass is 364 g/mol. The van der Waals surface area contributed by atoms with Crippen LogP contribution < -0.4 is 26.4 Å². The number of hydrogen-bond acceptors (Lipinski definition) is 7. The van der Waals surface area contributed by atoms with E-state index in [1.54, 1.807) is 18.3 Å². The zero-order valence-corrected chi connectivity index (χ0v) is 14.7. The maximum atomic E-state index is 12.7. The molecule has 1 heterocycles. The maximum Gasteiger partial charge on any atom is 0.308 e. The summed E-state index contributed by atoms with van der Waals surface area (Å²) in [5.41, 5.74) is 5.56. The van der Waals surface area contributed by atoms with Gasteiger partial charge in [0.05, 0.1) is 10.7 Å². The van der Waals surface area contributed by atoms with Crippen LogP contribution in [-0.2, 0) is 9.59 Å². The van der Waals surface area contributed by atoms with Crippen LogP contribution in [0.1, 0.15) is 37.0 Å². The Bertz CT molecular complexity index is 720. The summed E-state index contributed by atoms with van der Waals surface area (Å²) in [4.78, 5) is 35.9. The van der Waals surface area contributed by atoms with E-state index < -0.39 is 17.4 Å². The van der Waals surface area contributed by atoms with Gasteiger partial charge in [0.2, 0.25) is 5.91 Å². The van der Waals surface area contributed by atoms with Gasteiger partial charge < -0.3 is 26.4 Å². The van der Waals surface area contributed by atoms with Crippen LogP contribution in [0.25, 0.3) is 0 Å². The third-order valence-electron chi connectivity index (χ3n) is 3.15. The van der Waals surface area contributed by atoms with Gasteiger partial charge in [-0.2, -0.15) is 0 Å². The molecule has 2 amide bonds. The largest absolute Gasteiger partial charge is 0.426 e. The van der Waals surface area contributed by atoms with Crippen molar-refractivity contribution in [1.29, 1.82) is 0 Å². The minimum Gasteiger partial charge on any atom is -0.426 e. The van der Waals surface area contributed by atoms with Crippen molar-refractivity contribution < 1.29 is 19.1 Å². The molecule has 1 aromatic rings. The average Bonchev–Trinajstić information content (AvgIpc) is 2.92. The Morgan fingerprint density at radius 2 is 2.12 bits per heavy atom. The Kier molecular flexibility index (Phi) is 6.29. The number of esters is 1. The first-order valence-corrected chi connectivity index (χ1v) is 8.59. The van der Waals surface area contributed by atoms with E-state index in [1.807, 2.05) is 6.92 Å². The third-order valence-corrected chi connectivity index (χ3v) is 4.03. The normalized spacial score (nSPS) is 15.8. The van der Waals surface area contributed by atoms with E-state index in [9.17, 15) is 14.4 Å². The fraction of sp³-hybridized carbons (Fsp3) is 0.312. The van der Waals surface area contributed by atoms with E-state index in [4.69, 9.17) is 10.5 Å². The Balaban J connectivity index is 2.28. The highest BCUT2D eigenvalue weighted by Crippen LogP contribution is 2.28. The van der Waals surface area contributed by atoms with Crippen LogP contribution in [0.4, 0.5) is 5.69 Å². The molecule has 9 heteroatoms. The van der Waals surface area contributed by atoms with Gasteiger partial charge in [-0.1, -0.05) is 24.8 Å². The Labute approximate surface area is 149 Å². The quantitative estimate of drug-likeness (QED) is 0.445. The second kappa shape index (κ2) is 8.43. The molecular formula is C16H20N4O4S. The van der Waals surface area contributed by atoms with Crippen molar-refractivity contribution >= 4 is 35.2 Å². The van der Waals surface area contributed by atoms with Crippen molar-refractivity contribution in [2.75, 3.05) is 5.32 Å². The molecule has 0 saturated carbocycles. The van der Waals surface area contributed by atoms with Crippen molar-refractivity contribution in [3.8, 4) is 5.75 Å². The van der Waals surface area contributed by atoms with Crippen molar-refractivity contribution in [1.82, 2.24) is 10.6 Å².